The maximum absolute atomic E-state index is 12.8. The molecule has 1 amide bonds. The van der Waals surface area contributed by atoms with Gasteiger partial charge in [0.1, 0.15) is 12.3 Å². The van der Waals surface area contributed by atoms with Gasteiger partial charge in [0.2, 0.25) is 5.91 Å². The van der Waals surface area contributed by atoms with E-state index in [1.54, 1.807) is 11.8 Å². The molecule has 1 fully saturated rings. The summed E-state index contributed by atoms with van der Waals surface area (Å²) in [6, 6.07) is 10.2. The second-order valence-corrected chi connectivity index (χ2v) is 6.66. The maximum atomic E-state index is 12.8. The van der Waals surface area contributed by atoms with Gasteiger partial charge in [-0.1, -0.05) is 18.2 Å². The number of hydrogen-bond acceptors (Lipinski definition) is 4. The van der Waals surface area contributed by atoms with Crippen molar-refractivity contribution in [3.8, 4) is 5.75 Å². The molecule has 1 saturated heterocycles. The van der Waals surface area contributed by atoms with Crippen molar-refractivity contribution in [3.63, 3.8) is 0 Å². The molecule has 1 aromatic carbocycles. The SMILES string of the molecule is COc1ccccc1[C@@H]1CN(C(=O)Cn2nc(C)cc2C)CCN1C. The highest BCUT2D eigenvalue weighted by atomic mass is 16.5. The molecule has 0 N–H and O–H groups in total. The van der Waals surface area contributed by atoms with E-state index in [0.29, 0.717) is 13.1 Å². The molecular weight excluding hydrogens is 316 g/mol. The van der Waals surface area contributed by atoms with E-state index < -0.39 is 0 Å². The van der Waals surface area contributed by atoms with Crippen molar-refractivity contribution in [2.45, 2.75) is 26.4 Å². The number of piperazine rings is 1. The maximum Gasteiger partial charge on any atom is 0.244 e. The van der Waals surface area contributed by atoms with Crippen molar-refractivity contribution < 1.29 is 9.53 Å². The molecule has 25 heavy (non-hydrogen) atoms. The topological polar surface area (TPSA) is 50.6 Å². The molecule has 1 aromatic heterocycles. The molecule has 2 aromatic rings. The Hall–Kier alpha value is -2.34. The first-order valence-corrected chi connectivity index (χ1v) is 8.61. The van der Waals surface area contributed by atoms with Crippen LogP contribution in [0.4, 0.5) is 0 Å². The molecule has 6 nitrogen and oxygen atoms in total. The number of rotatable bonds is 4. The quantitative estimate of drug-likeness (QED) is 0.853. The van der Waals surface area contributed by atoms with Crippen LogP contribution in [0.15, 0.2) is 30.3 Å². The van der Waals surface area contributed by atoms with Gasteiger partial charge in [0.25, 0.3) is 0 Å². The van der Waals surface area contributed by atoms with Gasteiger partial charge >= 0.3 is 0 Å². The van der Waals surface area contributed by atoms with E-state index in [-0.39, 0.29) is 11.9 Å². The molecule has 6 heteroatoms. The first-order chi connectivity index (χ1) is 12.0. The number of amides is 1. The molecule has 1 atom stereocenters. The van der Waals surface area contributed by atoms with E-state index in [9.17, 15) is 4.79 Å². The second kappa shape index (κ2) is 7.27. The number of ether oxygens (including phenoxy) is 1. The van der Waals surface area contributed by atoms with Gasteiger partial charge in [-0.2, -0.15) is 5.10 Å². The Labute approximate surface area is 149 Å². The van der Waals surface area contributed by atoms with Crippen molar-refractivity contribution in [2.75, 3.05) is 33.8 Å². The lowest BCUT2D eigenvalue weighted by Gasteiger charge is -2.40. The number of nitrogens with zero attached hydrogens (tertiary/aromatic N) is 4. The summed E-state index contributed by atoms with van der Waals surface area (Å²) in [5.74, 6) is 0.978. The van der Waals surface area contributed by atoms with Crippen LogP contribution in [0, 0.1) is 13.8 Å². The predicted octanol–water partition coefficient (Wildman–Crippen LogP) is 2.02. The number of carbonyl (C=O) groups is 1. The van der Waals surface area contributed by atoms with Crippen LogP contribution in [0.2, 0.25) is 0 Å². The standard InChI is InChI=1S/C19H26N4O2/c1-14-11-15(2)23(20-14)13-19(24)22-10-9-21(3)17(12-22)16-7-5-6-8-18(16)25-4/h5-8,11,17H,9-10,12-13H2,1-4H3/t17-/m0/s1. The monoisotopic (exact) mass is 342 g/mol. The lowest BCUT2D eigenvalue weighted by atomic mass is 10.0. The zero-order chi connectivity index (χ0) is 18.0. The largest absolute Gasteiger partial charge is 0.496 e. The van der Waals surface area contributed by atoms with Crippen LogP contribution in [0.5, 0.6) is 5.75 Å². The van der Waals surface area contributed by atoms with Crippen LogP contribution in [0.25, 0.3) is 0 Å². The molecule has 3 rings (SSSR count). The predicted molar refractivity (Wildman–Crippen MR) is 96.6 cm³/mol. The number of likely N-dealkylation sites (N-methyl/N-ethyl adjacent to an activating group) is 1. The molecule has 0 spiro atoms. The van der Waals surface area contributed by atoms with E-state index >= 15 is 0 Å². The number of aromatic nitrogens is 2. The third kappa shape index (κ3) is 3.69. The minimum Gasteiger partial charge on any atom is -0.496 e. The van der Waals surface area contributed by atoms with E-state index in [0.717, 1.165) is 35.8 Å². The fourth-order valence-electron chi connectivity index (χ4n) is 3.44. The smallest absolute Gasteiger partial charge is 0.244 e. The third-order valence-electron chi connectivity index (χ3n) is 4.89. The van der Waals surface area contributed by atoms with Crippen LogP contribution in [0.3, 0.4) is 0 Å². The Kier molecular flexibility index (Phi) is 5.08. The summed E-state index contributed by atoms with van der Waals surface area (Å²) in [6.07, 6.45) is 0. The van der Waals surface area contributed by atoms with Crippen molar-refractivity contribution in [1.82, 2.24) is 19.6 Å². The fraction of sp³-hybridized carbons (Fsp3) is 0.474. The van der Waals surface area contributed by atoms with Crippen LogP contribution < -0.4 is 4.74 Å². The first-order valence-electron chi connectivity index (χ1n) is 8.61. The van der Waals surface area contributed by atoms with Crippen molar-refractivity contribution in [1.29, 1.82) is 0 Å². The van der Waals surface area contributed by atoms with E-state index in [4.69, 9.17) is 4.74 Å². The fourth-order valence-corrected chi connectivity index (χ4v) is 3.44. The molecule has 1 aliphatic rings. The van der Waals surface area contributed by atoms with E-state index in [1.807, 2.05) is 43.0 Å². The van der Waals surface area contributed by atoms with Crippen LogP contribution in [-0.4, -0.2) is 59.3 Å². The highest BCUT2D eigenvalue weighted by Gasteiger charge is 2.30. The number of para-hydroxylation sites is 1. The molecule has 0 bridgehead atoms. The highest BCUT2D eigenvalue weighted by Crippen LogP contribution is 2.31. The van der Waals surface area contributed by atoms with Gasteiger partial charge in [0.15, 0.2) is 0 Å². The molecule has 0 unspecified atom stereocenters. The van der Waals surface area contributed by atoms with Gasteiger partial charge in [-0.25, -0.2) is 0 Å². The van der Waals surface area contributed by atoms with Crippen molar-refractivity contribution >= 4 is 5.91 Å². The molecule has 2 heterocycles. The Morgan fingerprint density at radius 2 is 2.04 bits per heavy atom. The van der Waals surface area contributed by atoms with Crippen molar-refractivity contribution in [2.24, 2.45) is 0 Å². The molecule has 0 saturated carbocycles. The number of aryl methyl sites for hydroxylation is 2. The zero-order valence-corrected chi connectivity index (χ0v) is 15.4. The second-order valence-electron chi connectivity index (χ2n) is 6.66. The molecule has 0 radical (unpaired) electrons. The average molecular weight is 342 g/mol. The summed E-state index contributed by atoms with van der Waals surface area (Å²) < 4.78 is 7.30. The van der Waals surface area contributed by atoms with Gasteiger partial charge < -0.3 is 9.64 Å². The van der Waals surface area contributed by atoms with Gasteiger partial charge in [-0.05, 0) is 33.0 Å². The van der Waals surface area contributed by atoms with E-state index in [1.165, 1.54) is 0 Å². The Bertz CT molecular complexity index is 756. The Morgan fingerprint density at radius 3 is 2.72 bits per heavy atom. The summed E-state index contributed by atoms with van der Waals surface area (Å²) >= 11 is 0. The first kappa shape index (κ1) is 17.5. The van der Waals surface area contributed by atoms with Crippen molar-refractivity contribution in [3.05, 3.63) is 47.3 Å². The van der Waals surface area contributed by atoms with Gasteiger partial charge in [0.05, 0.1) is 18.8 Å². The minimum atomic E-state index is 0.110. The molecule has 134 valence electrons. The number of benzene rings is 1. The number of hydrogen-bond donors (Lipinski definition) is 0. The highest BCUT2D eigenvalue weighted by molar-refractivity contribution is 5.76. The summed E-state index contributed by atoms with van der Waals surface area (Å²) in [6.45, 7) is 6.46. The van der Waals surface area contributed by atoms with Gasteiger partial charge in [0, 0.05) is 30.9 Å². The zero-order valence-electron chi connectivity index (χ0n) is 15.4. The van der Waals surface area contributed by atoms with Gasteiger partial charge in [-0.3, -0.25) is 14.4 Å². The minimum absolute atomic E-state index is 0.110. The summed E-state index contributed by atoms with van der Waals surface area (Å²) in [7, 11) is 3.79. The molecule has 1 aliphatic heterocycles. The summed E-state index contributed by atoms with van der Waals surface area (Å²) in [5.41, 5.74) is 3.08. The van der Waals surface area contributed by atoms with Crippen LogP contribution in [0.1, 0.15) is 23.0 Å². The van der Waals surface area contributed by atoms with Gasteiger partial charge in [-0.15, -0.1) is 0 Å². The number of carbonyl (C=O) groups excluding carboxylic acids is 1. The van der Waals surface area contributed by atoms with Crippen LogP contribution >= 0.6 is 0 Å². The molecular formula is C19H26N4O2. The lowest BCUT2D eigenvalue weighted by Crippen LogP contribution is -2.50. The molecule has 0 aliphatic carbocycles. The summed E-state index contributed by atoms with van der Waals surface area (Å²) in [5, 5.41) is 4.40. The Balaban J connectivity index is 1.76. The van der Waals surface area contributed by atoms with E-state index in [2.05, 4.69) is 23.1 Å². The summed E-state index contributed by atoms with van der Waals surface area (Å²) in [4.78, 5) is 17.0. The average Bonchev–Trinajstić information content (AvgIpc) is 2.92. The third-order valence-corrected chi connectivity index (χ3v) is 4.89. The number of methoxy groups -OCH3 is 1. The normalized spacial score (nSPS) is 18.4. The lowest BCUT2D eigenvalue weighted by molar-refractivity contribution is -0.134. The van der Waals surface area contributed by atoms with Crippen LogP contribution in [-0.2, 0) is 11.3 Å². The Morgan fingerprint density at radius 1 is 1.28 bits per heavy atom.